The second-order valence-corrected chi connectivity index (χ2v) is 5.68. The molecule has 0 bridgehead atoms. The molecular formula is C16H17ClFN3. The molecular weight excluding hydrogens is 289 g/mol. The molecule has 1 N–H and O–H groups in total. The van der Waals surface area contributed by atoms with E-state index in [4.69, 9.17) is 11.6 Å². The average molecular weight is 306 g/mol. The van der Waals surface area contributed by atoms with E-state index >= 15 is 0 Å². The highest BCUT2D eigenvalue weighted by Crippen LogP contribution is 2.25. The second-order valence-electron chi connectivity index (χ2n) is 5.27. The minimum atomic E-state index is -0.360. The van der Waals surface area contributed by atoms with Crippen molar-refractivity contribution in [2.24, 2.45) is 0 Å². The van der Waals surface area contributed by atoms with E-state index < -0.39 is 0 Å². The van der Waals surface area contributed by atoms with Gasteiger partial charge in [-0.15, -0.1) is 0 Å². The predicted molar refractivity (Wildman–Crippen MR) is 83.1 cm³/mol. The molecule has 2 aromatic rings. The van der Waals surface area contributed by atoms with Crippen LogP contribution in [0.5, 0.6) is 0 Å². The van der Waals surface area contributed by atoms with Gasteiger partial charge in [0.2, 0.25) is 0 Å². The van der Waals surface area contributed by atoms with Crippen LogP contribution >= 0.6 is 11.6 Å². The zero-order valence-corrected chi connectivity index (χ0v) is 12.4. The predicted octanol–water partition coefficient (Wildman–Crippen LogP) is 3.24. The molecule has 0 radical (unpaired) electrons. The number of anilines is 1. The average Bonchev–Trinajstić information content (AvgIpc) is 2.98. The molecule has 1 fully saturated rings. The summed E-state index contributed by atoms with van der Waals surface area (Å²) in [6, 6.07) is 9.39. The monoisotopic (exact) mass is 305 g/mol. The summed E-state index contributed by atoms with van der Waals surface area (Å²) in [5.41, 5.74) is 2.07. The second kappa shape index (κ2) is 6.41. The van der Waals surface area contributed by atoms with E-state index in [1.807, 2.05) is 18.3 Å². The first-order valence-electron chi connectivity index (χ1n) is 7.04. The molecule has 2 heterocycles. The van der Waals surface area contributed by atoms with Crippen LogP contribution in [-0.4, -0.2) is 24.1 Å². The van der Waals surface area contributed by atoms with Gasteiger partial charge in [-0.2, -0.15) is 0 Å². The summed E-state index contributed by atoms with van der Waals surface area (Å²) in [6.07, 6.45) is 4.69. The van der Waals surface area contributed by atoms with Gasteiger partial charge in [-0.25, -0.2) is 4.39 Å². The van der Waals surface area contributed by atoms with E-state index in [9.17, 15) is 4.39 Å². The van der Waals surface area contributed by atoms with Crippen molar-refractivity contribution in [2.75, 3.05) is 18.0 Å². The number of halogens is 2. The third kappa shape index (κ3) is 3.52. The Morgan fingerprint density at radius 2 is 2.29 bits per heavy atom. The fourth-order valence-electron chi connectivity index (χ4n) is 2.61. The van der Waals surface area contributed by atoms with Gasteiger partial charge in [0.1, 0.15) is 5.82 Å². The molecule has 1 saturated heterocycles. The van der Waals surface area contributed by atoms with Gasteiger partial charge in [-0.05, 0) is 36.2 Å². The van der Waals surface area contributed by atoms with Crippen molar-refractivity contribution in [1.82, 2.24) is 10.3 Å². The number of aromatic nitrogens is 1. The zero-order valence-electron chi connectivity index (χ0n) is 11.6. The minimum absolute atomic E-state index is 0.171. The van der Waals surface area contributed by atoms with Crippen LogP contribution in [0.25, 0.3) is 0 Å². The molecule has 0 aliphatic carbocycles. The van der Waals surface area contributed by atoms with Gasteiger partial charge in [0.15, 0.2) is 0 Å². The van der Waals surface area contributed by atoms with Crippen LogP contribution in [0.1, 0.15) is 12.0 Å². The summed E-state index contributed by atoms with van der Waals surface area (Å²) in [6.45, 7) is 2.61. The molecule has 1 aliphatic rings. The van der Waals surface area contributed by atoms with E-state index in [2.05, 4.69) is 21.3 Å². The van der Waals surface area contributed by atoms with Crippen molar-refractivity contribution in [2.45, 2.75) is 19.0 Å². The minimum Gasteiger partial charge on any atom is -0.370 e. The van der Waals surface area contributed by atoms with E-state index in [0.29, 0.717) is 6.04 Å². The molecule has 21 heavy (non-hydrogen) atoms. The molecule has 0 unspecified atom stereocenters. The lowest BCUT2D eigenvalue weighted by Gasteiger charge is -2.19. The van der Waals surface area contributed by atoms with Gasteiger partial charge in [0, 0.05) is 43.8 Å². The Labute approximate surface area is 128 Å². The van der Waals surface area contributed by atoms with Crippen molar-refractivity contribution < 1.29 is 4.39 Å². The Balaban J connectivity index is 1.56. The molecule has 1 atom stereocenters. The van der Waals surface area contributed by atoms with Crippen LogP contribution in [-0.2, 0) is 6.54 Å². The highest BCUT2D eigenvalue weighted by atomic mass is 35.5. The van der Waals surface area contributed by atoms with Gasteiger partial charge >= 0.3 is 0 Å². The van der Waals surface area contributed by atoms with E-state index in [0.717, 1.165) is 31.7 Å². The largest absolute Gasteiger partial charge is 0.370 e. The Kier molecular flexibility index (Phi) is 4.36. The fourth-order valence-corrected chi connectivity index (χ4v) is 2.73. The first-order chi connectivity index (χ1) is 10.2. The zero-order chi connectivity index (χ0) is 14.7. The number of pyridine rings is 1. The third-order valence-corrected chi connectivity index (χ3v) is 4.08. The van der Waals surface area contributed by atoms with Crippen LogP contribution in [0.15, 0.2) is 42.7 Å². The molecule has 5 heteroatoms. The Morgan fingerprint density at radius 1 is 1.38 bits per heavy atom. The fraction of sp³-hybridized carbons (Fsp3) is 0.312. The molecule has 0 amide bonds. The summed E-state index contributed by atoms with van der Waals surface area (Å²) >= 11 is 5.72. The third-order valence-electron chi connectivity index (χ3n) is 3.77. The molecule has 0 saturated carbocycles. The number of hydrogen-bond donors (Lipinski definition) is 1. The molecule has 1 aromatic carbocycles. The molecule has 1 aliphatic heterocycles. The number of hydrogen-bond acceptors (Lipinski definition) is 3. The molecule has 3 rings (SSSR count). The van der Waals surface area contributed by atoms with E-state index in [-0.39, 0.29) is 10.8 Å². The summed E-state index contributed by atoms with van der Waals surface area (Å²) < 4.78 is 13.5. The maximum Gasteiger partial charge on any atom is 0.143 e. The van der Waals surface area contributed by atoms with Crippen LogP contribution in [0.3, 0.4) is 0 Å². The van der Waals surface area contributed by atoms with Crippen molar-refractivity contribution in [3.8, 4) is 0 Å². The lowest BCUT2D eigenvalue weighted by Crippen LogP contribution is -2.32. The van der Waals surface area contributed by atoms with Crippen LogP contribution in [0.4, 0.5) is 10.1 Å². The standard InChI is InChI=1S/C16H17ClFN3/c17-15-4-3-14(8-16(15)18)21-7-5-13(11-21)20-10-12-2-1-6-19-9-12/h1-4,6,8-9,13,20H,5,7,10-11H2/t13-/m0/s1. The Hall–Kier alpha value is -1.65. The van der Waals surface area contributed by atoms with Gasteiger partial charge in [0.25, 0.3) is 0 Å². The lowest BCUT2D eigenvalue weighted by molar-refractivity contribution is 0.550. The maximum absolute atomic E-state index is 13.5. The van der Waals surface area contributed by atoms with Gasteiger partial charge in [-0.1, -0.05) is 17.7 Å². The number of nitrogens with one attached hydrogen (secondary N) is 1. The normalized spacial score (nSPS) is 18.2. The Morgan fingerprint density at radius 3 is 3.05 bits per heavy atom. The Bertz CT molecular complexity index is 606. The summed E-state index contributed by atoms with van der Waals surface area (Å²) in [5.74, 6) is -0.360. The van der Waals surface area contributed by atoms with Gasteiger partial charge < -0.3 is 10.2 Å². The highest BCUT2D eigenvalue weighted by Gasteiger charge is 2.22. The smallest absolute Gasteiger partial charge is 0.143 e. The SMILES string of the molecule is Fc1cc(N2CC[C@H](NCc3cccnc3)C2)ccc1Cl. The number of benzene rings is 1. The quantitative estimate of drug-likeness (QED) is 0.940. The number of rotatable bonds is 4. The summed E-state index contributed by atoms with van der Waals surface area (Å²) in [5, 5.41) is 3.69. The van der Waals surface area contributed by atoms with Gasteiger partial charge in [-0.3, -0.25) is 4.98 Å². The van der Waals surface area contributed by atoms with Crippen molar-refractivity contribution >= 4 is 17.3 Å². The first-order valence-corrected chi connectivity index (χ1v) is 7.42. The van der Waals surface area contributed by atoms with Crippen molar-refractivity contribution in [3.05, 3.63) is 59.1 Å². The topological polar surface area (TPSA) is 28.2 Å². The maximum atomic E-state index is 13.5. The molecule has 0 spiro atoms. The lowest BCUT2D eigenvalue weighted by atomic mass is 10.2. The highest BCUT2D eigenvalue weighted by molar-refractivity contribution is 6.30. The first kappa shape index (κ1) is 14.3. The van der Waals surface area contributed by atoms with Crippen LogP contribution in [0.2, 0.25) is 5.02 Å². The summed E-state index contributed by atoms with van der Waals surface area (Å²) in [4.78, 5) is 6.29. The summed E-state index contributed by atoms with van der Waals surface area (Å²) in [7, 11) is 0. The van der Waals surface area contributed by atoms with Crippen molar-refractivity contribution in [1.29, 1.82) is 0 Å². The van der Waals surface area contributed by atoms with E-state index in [1.54, 1.807) is 12.3 Å². The molecule has 3 nitrogen and oxygen atoms in total. The molecule has 110 valence electrons. The van der Waals surface area contributed by atoms with E-state index in [1.165, 1.54) is 11.6 Å². The number of nitrogens with zero attached hydrogens (tertiary/aromatic N) is 2. The van der Waals surface area contributed by atoms with Crippen LogP contribution < -0.4 is 10.2 Å². The molecule has 1 aromatic heterocycles. The van der Waals surface area contributed by atoms with Crippen molar-refractivity contribution in [3.63, 3.8) is 0 Å². The van der Waals surface area contributed by atoms with Gasteiger partial charge in [0.05, 0.1) is 5.02 Å². The van der Waals surface area contributed by atoms with Crippen LogP contribution in [0, 0.1) is 5.82 Å².